The van der Waals surface area contributed by atoms with Crippen LogP contribution in [0.5, 0.6) is 5.75 Å². The van der Waals surface area contributed by atoms with Crippen LogP contribution in [0, 0.1) is 25.7 Å². The van der Waals surface area contributed by atoms with Crippen molar-refractivity contribution in [2.75, 3.05) is 13.7 Å². The number of hydrogen-bond acceptors (Lipinski definition) is 4. The van der Waals surface area contributed by atoms with E-state index in [4.69, 9.17) is 9.47 Å². The zero-order valence-electron chi connectivity index (χ0n) is 15.0. The lowest BCUT2D eigenvalue weighted by Crippen LogP contribution is -2.16. The fourth-order valence-corrected chi connectivity index (χ4v) is 3.15. The van der Waals surface area contributed by atoms with Gasteiger partial charge in [0.2, 0.25) is 5.78 Å². The second-order valence-corrected chi connectivity index (χ2v) is 6.67. The summed E-state index contributed by atoms with van der Waals surface area (Å²) in [7, 11) is 1.63. The minimum Gasteiger partial charge on any atom is -0.497 e. The van der Waals surface area contributed by atoms with E-state index in [0.717, 1.165) is 29.2 Å². The Balaban J connectivity index is 1.76. The lowest BCUT2D eigenvalue weighted by Gasteiger charge is -2.11. The molecule has 0 bridgehead atoms. The normalized spacial score (nSPS) is 18.7. The number of nitrogens with zero attached hydrogens (tertiary/aromatic N) is 1. The van der Waals surface area contributed by atoms with Crippen LogP contribution >= 0.6 is 0 Å². The second kappa shape index (κ2) is 6.75. The molecule has 0 amide bonds. The van der Waals surface area contributed by atoms with Crippen LogP contribution in [-0.4, -0.2) is 30.0 Å². The predicted molar refractivity (Wildman–Crippen MR) is 94.4 cm³/mol. The number of esters is 1. The summed E-state index contributed by atoms with van der Waals surface area (Å²) in [6, 6.07) is 9.50. The van der Waals surface area contributed by atoms with Crippen LogP contribution in [0.2, 0.25) is 0 Å². The van der Waals surface area contributed by atoms with E-state index in [0.29, 0.717) is 11.5 Å². The Labute approximate surface area is 147 Å². The number of Topliss-reactive ketones (excluding diaryl/α,β-unsaturated/α-hetero) is 1. The highest BCUT2D eigenvalue weighted by molar-refractivity contribution is 5.99. The molecule has 132 valence electrons. The molecule has 25 heavy (non-hydrogen) atoms. The molecule has 0 radical (unpaired) electrons. The lowest BCUT2D eigenvalue weighted by atomic mass is 10.1. The van der Waals surface area contributed by atoms with Gasteiger partial charge in [0.05, 0.1) is 13.0 Å². The quantitative estimate of drug-likeness (QED) is 0.596. The third kappa shape index (κ3) is 3.45. The number of aryl methyl sites for hydroxylation is 1. The van der Waals surface area contributed by atoms with E-state index in [1.807, 2.05) is 55.7 Å². The maximum atomic E-state index is 12.5. The average Bonchev–Trinajstić information content (AvgIpc) is 3.26. The summed E-state index contributed by atoms with van der Waals surface area (Å²) in [6.07, 6.45) is 0.860. The number of hydrogen-bond donors (Lipinski definition) is 0. The van der Waals surface area contributed by atoms with Crippen LogP contribution in [0.15, 0.2) is 30.3 Å². The Morgan fingerprint density at radius 2 is 1.84 bits per heavy atom. The van der Waals surface area contributed by atoms with Gasteiger partial charge in [-0.15, -0.1) is 0 Å². The Morgan fingerprint density at radius 3 is 2.40 bits per heavy atom. The van der Waals surface area contributed by atoms with Crippen LogP contribution in [0.3, 0.4) is 0 Å². The van der Waals surface area contributed by atoms with Gasteiger partial charge in [-0.25, -0.2) is 0 Å². The molecule has 2 aromatic rings. The van der Waals surface area contributed by atoms with Crippen molar-refractivity contribution < 1.29 is 19.1 Å². The molecule has 1 aromatic carbocycles. The van der Waals surface area contributed by atoms with Gasteiger partial charge in [-0.3, -0.25) is 9.59 Å². The van der Waals surface area contributed by atoms with E-state index in [9.17, 15) is 9.59 Å². The monoisotopic (exact) mass is 341 g/mol. The largest absolute Gasteiger partial charge is 0.497 e. The maximum Gasteiger partial charge on any atom is 0.309 e. The standard InChI is InChI=1S/C20H23NO4/c1-12-9-17(12)20(23)25-11-19(22)18-10-13(2)21(14(18)3)15-5-7-16(24-4)8-6-15/h5-8,10,12,17H,9,11H2,1-4H3/t12-,17+/m1/s1. The second-order valence-electron chi connectivity index (χ2n) is 6.67. The predicted octanol–water partition coefficient (Wildman–Crippen LogP) is 3.48. The molecule has 0 saturated heterocycles. The Kier molecular flexibility index (Phi) is 4.66. The van der Waals surface area contributed by atoms with Crippen molar-refractivity contribution in [3.8, 4) is 11.4 Å². The fraction of sp³-hybridized carbons (Fsp3) is 0.400. The van der Waals surface area contributed by atoms with Crippen LogP contribution in [0.25, 0.3) is 5.69 Å². The molecule has 1 heterocycles. The first kappa shape index (κ1) is 17.3. The van der Waals surface area contributed by atoms with Crippen molar-refractivity contribution in [3.05, 3.63) is 47.3 Å². The molecule has 1 aliphatic rings. The highest BCUT2D eigenvalue weighted by Gasteiger charge is 2.40. The molecule has 0 N–H and O–H groups in total. The number of ether oxygens (including phenoxy) is 2. The molecule has 1 saturated carbocycles. The van der Waals surface area contributed by atoms with Crippen LogP contribution < -0.4 is 4.74 Å². The molecule has 5 nitrogen and oxygen atoms in total. The van der Waals surface area contributed by atoms with Crippen molar-refractivity contribution in [2.24, 2.45) is 11.8 Å². The Morgan fingerprint density at radius 1 is 1.20 bits per heavy atom. The molecule has 0 aliphatic heterocycles. The van der Waals surface area contributed by atoms with Gasteiger partial charge in [-0.05, 0) is 56.5 Å². The Hall–Kier alpha value is -2.56. The molecule has 5 heteroatoms. The van der Waals surface area contributed by atoms with Gasteiger partial charge in [0.25, 0.3) is 0 Å². The van der Waals surface area contributed by atoms with Gasteiger partial charge >= 0.3 is 5.97 Å². The van der Waals surface area contributed by atoms with Crippen molar-refractivity contribution in [3.63, 3.8) is 0 Å². The van der Waals surface area contributed by atoms with E-state index < -0.39 is 0 Å². The van der Waals surface area contributed by atoms with Crippen molar-refractivity contribution >= 4 is 11.8 Å². The summed E-state index contributed by atoms with van der Waals surface area (Å²) in [4.78, 5) is 24.3. The van der Waals surface area contributed by atoms with Crippen LogP contribution in [0.1, 0.15) is 35.1 Å². The molecule has 2 atom stereocenters. The zero-order valence-corrected chi connectivity index (χ0v) is 15.0. The van der Waals surface area contributed by atoms with Gasteiger partial charge < -0.3 is 14.0 Å². The lowest BCUT2D eigenvalue weighted by molar-refractivity contribution is -0.144. The summed E-state index contributed by atoms with van der Waals surface area (Å²) in [5, 5.41) is 0. The molecule has 1 aromatic heterocycles. The summed E-state index contributed by atoms with van der Waals surface area (Å²) in [5.41, 5.74) is 3.33. The Bertz CT molecular complexity index is 804. The third-order valence-electron chi connectivity index (χ3n) is 4.82. The van der Waals surface area contributed by atoms with Crippen LogP contribution in [-0.2, 0) is 9.53 Å². The maximum absolute atomic E-state index is 12.5. The minimum atomic E-state index is -0.259. The number of ketones is 1. The van der Waals surface area contributed by atoms with E-state index in [2.05, 4.69) is 0 Å². The summed E-state index contributed by atoms with van der Waals surface area (Å²) >= 11 is 0. The van der Waals surface area contributed by atoms with Gasteiger partial charge in [0.15, 0.2) is 6.61 Å². The summed E-state index contributed by atoms with van der Waals surface area (Å²) in [5.74, 6) is 0.699. The topological polar surface area (TPSA) is 57.5 Å². The first-order valence-corrected chi connectivity index (χ1v) is 8.45. The number of carbonyl (C=O) groups is 2. The number of methoxy groups -OCH3 is 1. The SMILES string of the molecule is COc1ccc(-n2c(C)cc(C(=O)COC(=O)[C@H]3C[C@H]3C)c2C)cc1. The highest BCUT2D eigenvalue weighted by Crippen LogP contribution is 2.38. The van der Waals surface area contributed by atoms with E-state index in [1.165, 1.54) is 0 Å². The molecule has 1 aliphatic carbocycles. The number of rotatable bonds is 6. The first-order chi connectivity index (χ1) is 11.9. The van der Waals surface area contributed by atoms with Crippen molar-refractivity contribution in [2.45, 2.75) is 27.2 Å². The summed E-state index contributed by atoms with van der Waals surface area (Å²) in [6.45, 7) is 5.66. The van der Waals surface area contributed by atoms with Gasteiger partial charge in [-0.1, -0.05) is 6.92 Å². The first-order valence-electron chi connectivity index (χ1n) is 8.45. The van der Waals surface area contributed by atoms with Crippen molar-refractivity contribution in [1.82, 2.24) is 4.57 Å². The molecule has 0 unspecified atom stereocenters. The number of benzene rings is 1. The van der Waals surface area contributed by atoms with Gasteiger partial charge in [-0.2, -0.15) is 0 Å². The van der Waals surface area contributed by atoms with Gasteiger partial charge in [0, 0.05) is 22.6 Å². The third-order valence-corrected chi connectivity index (χ3v) is 4.82. The molecular formula is C20H23NO4. The van der Waals surface area contributed by atoms with Crippen molar-refractivity contribution in [1.29, 1.82) is 0 Å². The molecule has 1 fully saturated rings. The zero-order chi connectivity index (χ0) is 18.1. The van der Waals surface area contributed by atoms with Crippen LogP contribution in [0.4, 0.5) is 0 Å². The summed E-state index contributed by atoms with van der Waals surface area (Å²) < 4.78 is 12.4. The highest BCUT2D eigenvalue weighted by atomic mass is 16.5. The van der Waals surface area contributed by atoms with E-state index in [1.54, 1.807) is 7.11 Å². The van der Waals surface area contributed by atoms with E-state index >= 15 is 0 Å². The molecule has 0 spiro atoms. The smallest absolute Gasteiger partial charge is 0.309 e. The fourth-order valence-electron chi connectivity index (χ4n) is 3.15. The average molecular weight is 341 g/mol. The van der Waals surface area contributed by atoms with E-state index in [-0.39, 0.29) is 24.3 Å². The van der Waals surface area contributed by atoms with Gasteiger partial charge in [0.1, 0.15) is 5.75 Å². The number of aromatic nitrogens is 1. The number of carbonyl (C=O) groups excluding carboxylic acids is 2. The molecular weight excluding hydrogens is 318 g/mol. The molecule has 3 rings (SSSR count). The minimum absolute atomic E-state index is 0.0282.